The standard InChI is InChI=1S/C20H26N4O2/c1-3-17(16-6-4-10-22-14-16)24-19(25)20(8-12-21-13-9-20)26-18-7-5-11-23-15(18)2/h4-7,10-11,14,17,21H,3,8-9,12-13H2,1-2H3,(H,24,25). The second-order valence-corrected chi connectivity index (χ2v) is 6.65. The zero-order valence-electron chi connectivity index (χ0n) is 15.4. The normalized spacial score (nSPS) is 17.3. The van der Waals surface area contributed by atoms with Crippen LogP contribution in [0.3, 0.4) is 0 Å². The van der Waals surface area contributed by atoms with Gasteiger partial charge in [0.2, 0.25) is 0 Å². The van der Waals surface area contributed by atoms with Crippen molar-refractivity contribution in [2.45, 2.75) is 44.8 Å². The van der Waals surface area contributed by atoms with E-state index in [1.54, 1.807) is 18.6 Å². The third kappa shape index (κ3) is 4.02. The van der Waals surface area contributed by atoms with Crippen molar-refractivity contribution in [1.82, 2.24) is 20.6 Å². The zero-order valence-corrected chi connectivity index (χ0v) is 15.4. The molecule has 0 saturated carbocycles. The average molecular weight is 354 g/mol. The van der Waals surface area contributed by atoms with Gasteiger partial charge in [0.1, 0.15) is 5.75 Å². The summed E-state index contributed by atoms with van der Waals surface area (Å²) in [5, 5.41) is 6.49. The van der Waals surface area contributed by atoms with Crippen LogP contribution in [0.5, 0.6) is 5.75 Å². The molecule has 1 aliphatic heterocycles. The highest BCUT2D eigenvalue weighted by Gasteiger charge is 2.43. The molecule has 0 bridgehead atoms. The van der Waals surface area contributed by atoms with Crippen LogP contribution in [0.1, 0.15) is 43.5 Å². The highest BCUT2D eigenvalue weighted by molar-refractivity contribution is 5.86. The summed E-state index contributed by atoms with van der Waals surface area (Å²) in [4.78, 5) is 21.7. The van der Waals surface area contributed by atoms with Crippen LogP contribution in [0.25, 0.3) is 0 Å². The lowest BCUT2D eigenvalue weighted by Gasteiger charge is -2.37. The minimum absolute atomic E-state index is 0.0713. The molecule has 0 aromatic carbocycles. The van der Waals surface area contributed by atoms with Crippen molar-refractivity contribution in [1.29, 1.82) is 0 Å². The quantitative estimate of drug-likeness (QED) is 0.834. The van der Waals surface area contributed by atoms with Gasteiger partial charge in [-0.1, -0.05) is 13.0 Å². The summed E-state index contributed by atoms with van der Waals surface area (Å²) in [7, 11) is 0. The van der Waals surface area contributed by atoms with Gasteiger partial charge in [0.05, 0.1) is 11.7 Å². The number of rotatable bonds is 6. The van der Waals surface area contributed by atoms with Crippen molar-refractivity contribution in [3.63, 3.8) is 0 Å². The van der Waals surface area contributed by atoms with E-state index >= 15 is 0 Å². The SMILES string of the molecule is CCC(NC(=O)C1(Oc2cccnc2C)CCNCC1)c1cccnc1. The maximum absolute atomic E-state index is 13.3. The van der Waals surface area contributed by atoms with E-state index in [0.29, 0.717) is 18.6 Å². The first-order valence-electron chi connectivity index (χ1n) is 9.17. The van der Waals surface area contributed by atoms with Crippen LogP contribution in [0.2, 0.25) is 0 Å². The molecule has 0 spiro atoms. The van der Waals surface area contributed by atoms with Crippen LogP contribution in [0.15, 0.2) is 42.9 Å². The third-order valence-electron chi connectivity index (χ3n) is 4.89. The van der Waals surface area contributed by atoms with Crippen molar-refractivity contribution in [3.05, 3.63) is 54.1 Å². The molecule has 26 heavy (non-hydrogen) atoms. The van der Waals surface area contributed by atoms with E-state index in [1.807, 2.05) is 31.2 Å². The lowest BCUT2D eigenvalue weighted by atomic mass is 9.90. The van der Waals surface area contributed by atoms with Crippen LogP contribution in [-0.4, -0.2) is 34.6 Å². The van der Waals surface area contributed by atoms with E-state index in [2.05, 4.69) is 27.5 Å². The average Bonchev–Trinajstić information content (AvgIpc) is 2.69. The van der Waals surface area contributed by atoms with Crippen molar-refractivity contribution in [2.24, 2.45) is 0 Å². The topological polar surface area (TPSA) is 76.1 Å². The summed E-state index contributed by atoms with van der Waals surface area (Å²) in [6.45, 7) is 5.44. The van der Waals surface area contributed by atoms with Gasteiger partial charge in [-0.05, 0) is 50.2 Å². The number of carbonyl (C=O) groups excluding carboxylic acids is 1. The fourth-order valence-electron chi connectivity index (χ4n) is 3.29. The van der Waals surface area contributed by atoms with Crippen molar-refractivity contribution in [3.8, 4) is 5.75 Å². The molecule has 1 unspecified atom stereocenters. The largest absolute Gasteiger partial charge is 0.475 e. The van der Waals surface area contributed by atoms with E-state index < -0.39 is 5.60 Å². The number of hydrogen-bond acceptors (Lipinski definition) is 5. The summed E-state index contributed by atoms with van der Waals surface area (Å²) >= 11 is 0. The first kappa shape index (κ1) is 18.3. The van der Waals surface area contributed by atoms with E-state index in [1.165, 1.54) is 0 Å². The number of hydrogen-bond donors (Lipinski definition) is 2. The number of piperidine rings is 1. The predicted molar refractivity (Wildman–Crippen MR) is 99.8 cm³/mol. The molecule has 1 amide bonds. The van der Waals surface area contributed by atoms with E-state index in [9.17, 15) is 4.79 Å². The fourth-order valence-corrected chi connectivity index (χ4v) is 3.29. The smallest absolute Gasteiger partial charge is 0.264 e. The highest BCUT2D eigenvalue weighted by Crippen LogP contribution is 2.29. The Bertz CT molecular complexity index is 730. The monoisotopic (exact) mass is 354 g/mol. The minimum atomic E-state index is -0.880. The molecular formula is C20H26N4O2. The van der Waals surface area contributed by atoms with Gasteiger partial charge in [-0.3, -0.25) is 14.8 Å². The zero-order chi connectivity index (χ0) is 18.4. The Kier molecular flexibility index (Phi) is 5.83. The van der Waals surface area contributed by atoms with Gasteiger partial charge in [-0.25, -0.2) is 0 Å². The highest BCUT2D eigenvalue weighted by atomic mass is 16.5. The minimum Gasteiger partial charge on any atom is -0.475 e. The number of aryl methyl sites for hydroxylation is 1. The molecule has 6 heteroatoms. The van der Waals surface area contributed by atoms with Gasteiger partial charge in [-0.2, -0.15) is 0 Å². The third-order valence-corrected chi connectivity index (χ3v) is 4.89. The summed E-state index contributed by atoms with van der Waals surface area (Å²) < 4.78 is 6.29. The maximum atomic E-state index is 13.3. The number of nitrogens with zero attached hydrogens (tertiary/aromatic N) is 2. The van der Waals surface area contributed by atoms with Gasteiger partial charge < -0.3 is 15.4 Å². The van der Waals surface area contributed by atoms with Gasteiger partial charge in [0, 0.05) is 31.4 Å². The molecule has 1 atom stereocenters. The van der Waals surface area contributed by atoms with Gasteiger partial charge in [-0.15, -0.1) is 0 Å². The van der Waals surface area contributed by atoms with Crippen molar-refractivity contribution in [2.75, 3.05) is 13.1 Å². The lowest BCUT2D eigenvalue weighted by molar-refractivity contribution is -0.140. The predicted octanol–water partition coefficient (Wildman–Crippen LogP) is 2.55. The molecule has 1 fully saturated rings. The second-order valence-electron chi connectivity index (χ2n) is 6.65. The Morgan fingerprint density at radius 1 is 1.31 bits per heavy atom. The van der Waals surface area contributed by atoms with Crippen LogP contribution >= 0.6 is 0 Å². The van der Waals surface area contributed by atoms with Crippen molar-refractivity contribution >= 4 is 5.91 Å². The number of pyridine rings is 2. The Labute approximate surface area is 154 Å². The first-order chi connectivity index (χ1) is 12.6. The first-order valence-corrected chi connectivity index (χ1v) is 9.17. The number of nitrogens with one attached hydrogen (secondary N) is 2. The Morgan fingerprint density at radius 2 is 2.08 bits per heavy atom. The summed E-state index contributed by atoms with van der Waals surface area (Å²) in [5.74, 6) is 0.594. The molecule has 138 valence electrons. The lowest BCUT2D eigenvalue weighted by Crippen LogP contribution is -2.57. The fraction of sp³-hybridized carbons (Fsp3) is 0.450. The number of amides is 1. The van der Waals surface area contributed by atoms with E-state index in [-0.39, 0.29) is 11.9 Å². The molecule has 0 radical (unpaired) electrons. The number of ether oxygens (including phenoxy) is 1. The molecule has 1 aliphatic rings. The van der Waals surface area contributed by atoms with Crippen LogP contribution in [0.4, 0.5) is 0 Å². The molecule has 0 aliphatic carbocycles. The molecule has 2 aromatic heterocycles. The molecule has 2 N–H and O–H groups in total. The van der Waals surface area contributed by atoms with E-state index in [4.69, 9.17) is 4.74 Å². The molecule has 3 rings (SSSR count). The van der Waals surface area contributed by atoms with Crippen LogP contribution in [0, 0.1) is 6.92 Å². The molecule has 6 nitrogen and oxygen atoms in total. The molecule has 2 aromatic rings. The maximum Gasteiger partial charge on any atom is 0.264 e. The Hall–Kier alpha value is -2.47. The molecule has 1 saturated heterocycles. The second kappa shape index (κ2) is 8.27. The van der Waals surface area contributed by atoms with E-state index in [0.717, 1.165) is 30.8 Å². The Morgan fingerprint density at radius 3 is 2.73 bits per heavy atom. The molecule has 3 heterocycles. The Balaban J connectivity index is 1.82. The van der Waals surface area contributed by atoms with Crippen molar-refractivity contribution < 1.29 is 9.53 Å². The van der Waals surface area contributed by atoms with Gasteiger partial charge in [0.15, 0.2) is 5.60 Å². The summed E-state index contributed by atoms with van der Waals surface area (Å²) in [5.41, 5.74) is 0.914. The van der Waals surface area contributed by atoms with Crippen LogP contribution in [-0.2, 0) is 4.79 Å². The number of carbonyl (C=O) groups is 1. The van der Waals surface area contributed by atoms with Gasteiger partial charge in [0.25, 0.3) is 5.91 Å². The summed E-state index contributed by atoms with van der Waals surface area (Å²) in [6.07, 6.45) is 7.30. The summed E-state index contributed by atoms with van der Waals surface area (Å²) in [6, 6.07) is 7.50. The van der Waals surface area contributed by atoms with Crippen LogP contribution < -0.4 is 15.4 Å². The number of aromatic nitrogens is 2. The van der Waals surface area contributed by atoms with Gasteiger partial charge >= 0.3 is 0 Å². The molecular weight excluding hydrogens is 328 g/mol.